The maximum absolute atomic E-state index is 14.0. The second-order valence-corrected chi connectivity index (χ2v) is 9.32. The van der Waals surface area contributed by atoms with Gasteiger partial charge in [-0.15, -0.1) is 0 Å². The number of rotatable bonds is 6. The lowest BCUT2D eigenvalue weighted by Crippen LogP contribution is -2.54. The van der Waals surface area contributed by atoms with E-state index in [0.29, 0.717) is 31.9 Å². The number of ether oxygens (including phenoxy) is 2. The minimum absolute atomic E-state index is 0.00661. The number of carbonyl (C=O) groups is 3. The summed E-state index contributed by atoms with van der Waals surface area (Å²) in [5.41, 5.74) is 2.77. The van der Waals surface area contributed by atoms with E-state index in [4.69, 9.17) is 9.47 Å². The van der Waals surface area contributed by atoms with Gasteiger partial charge in [0.15, 0.2) is 11.5 Å². The van der Waals surface area contributed by atoms with Crippen molar-refractivity contribution in [1.82, 2.24) is 5.32 Å². The minimum Gasteiger partial charge on any atom is -0.493 e. The molecule has 0 radical (unpaired) electrons. The van der Waals surface area contributed by atoms with Crippen molar-refractivity contribution >= 4 is 52.2 Å². The zero-order valence-corrected chi connectivity index (χ0v) is 21.9. The number of nitrogens with zero attached hydrogens (tertiary/aromatic N) is 1. The monoisotopic (exact) mass is 600 g/mol. The number of imide groups is 2. The van der Waals surface area contributed by atoms with E-state index in [1.54, 1.807) is 49.4 Å². The number of nitrogens with one attached hydrogen (secondary N) is 1. The normalized spacial score (nSPS) is 14.8. The second kappa shape index (κ2) is 10.5. The number of aryl methyl sites for hydroxylation is 2. The van der Waals surface area contributed by atoms with Crippen molar-refractivity contribution in [2.75, 3.05) is 12.0 Å². The number of anilines is 1. The van der Waals surface area contributed by atoms with Gasteiger partial charge in [-0.05, 0) is 77.9 Å². The van der Waals surface area contributed by atoms with Gasteiger partial charge in [0.25, 0.3) is 11.8 Å². The SMILES string of the molecule is COc1cc(/C=C2\C(=O)NC(=O)N(c3ccc(C)cc3C)C2=O)cc(I)c1OCc1ccccc1F. The van der Waals surface area contributed by atoms with Crippen LogP contribution in [0.5, 0.6) is 11.5 Å². The van der Waals surface area contributed by atoms with Gasteiger partial charge in [0.05, 0.1) is 16.4 Å². The van der Waals surface area contributed by atoms with Crippen LogP contribution in [0.15, 0.2) is 60.2 Å². The van der Waals surface area contributed by atoms with Crippen LogP contribution in [0.25, 0.3) is 6.08 Å². The molecule has 0 spiro atoms. The molecule has 7 nitrogen and oxygen atoms in total. The number of carbonyl (C=O) groups excluding carboxylic acids is 3. The second-order valence-electron chi connectivity index (χ2n) is 8.16. The van der Waals surface area contributed by atoms with Gasteiger partial charge in [-0.2, -0.15) is 0 Å². The molecule has 0 bridgehead atoms. The van der Waals surface area contributed by atoms with Gasteiger partial charge < -0.3 is 9.47 Å². The van der Waals surface area contributed by atoms with Crippen LogP contribution in [-0.4, -0.2) is 25.0 Å². The van der Waals surface area contributed by atoms with E-state index < -0.39 is 17.8 Å². The number of urea groups is 1. The van der Waals surface area contributed by atoms with E-state index in [0.717, 1.165) is 16.0 Å². The highest BCUT2D eigenvalue weighted by Gasteiger charge is 2.37. The minimum atomic E-state index is -0.807. The van der Waals surface area contributed by atoms with Crippen LogP contribution >= 0.6 is 22.6 Å². The molecule has 0 saturated carbocycles. The van der Waals surface area contributed by atoms with Crippen molar-refractivity contribution in [3.05, 3.63) is 91.8 Å². The predicted molar refractivity (Wildman–Crippen MR) is 141 cm³/mol. The molecule has 0 aromatic heterocycles. The van der Waals surface area contributed by atoms with Gasteiger partial charge in [-0.1, -0.05) is 35.9 Å². The van der Waals surface area contributed by atoms with Gasteiger partial charge in [0.2, 0.25) is 0 Å². The Morgan fingerprint density at radius 3 is 2.50 bits per heavy atom. The predicted octanol–water partition coefficient (Wildman–Crippen LogP) is 5.30. The summed E-state index contributed by atoms with van der Waals surface area (Å²) >= 11 is 2.04. The Kier molecular flexibility index (Phi) is 7.39. The van der Waals surface area contributed by atoms with E-state index >= 15 is 0 Å². The van der Waals surface area contributed by atoms with E-state index in [1.807, 2.05) is 35.6 Å². The number of methoxy groups -OCH3 is 1. The third-order valence-electron chi connectivity index (χ3n) is 5.59. The lowest BCUT2D eigenvalue weighted by Gasteiger charge is -2.27. The number of hydrogen-bond acceptors (Lipinski definition) is 5. The first-order chi connectivity index (χ1) is 17.2. The molecular weight excluding hydrogens is 578 g/mol. The average molecular weight is 600 g/mol. The maximum Gasteiger partial charge on any atom is 0.335 e. The van der Waals surface area contributed by atoms with Crippen LogP contribution < -0.4 is 19.7 Å². The van der Waals surface area contributed by atoms with Crippen LogP contribution in [0.2, 0.25) is 0 Å². The highest BCUT2D eigenvalue weighted by molar-refractivity contribution is 14.1. The first-order valence-corrected chi connectivity index (χ1v) is 12.0. The van der Waals surface area contributed by atoms with E-state index in [-0.39, 0.29) is 18.0 Å². The smallest absolute Gasteiger partial charge is 0.335 e. The Balaban J connectivity index is 1.66. The van der Waals surface area contributed by atoms with Gasteiger partial charge >= 0.3 is 6.03 Å². The Hall–Kier alpha value is -3.73. The van der Waals surface area contributed by atoms with Crippen molar-refractivity contribution in [2.45, 2.75) is 20.5 Å². The molecule has 1 aliphatic heterocycles. The van der Waals surface area contributed by atoms with Crippen molar-refractivity contribution in [3.63, 3.8) is 0 Å². The van der Waals surface area contributed by atoms with Crippen LogP contribution in [0, 0.1) is 23.2 Å². The summed E-state index contributed by atoms with van der Waals surface area (Å²) in [5, 5.41) is 2.23. The molecule has 0 unspecified atom stereocenters. The molecule has 0 atom stereocenters. The molecule has 0 aliphatic carbocycles. The molecule has 1 fully saturated rings. The molecule has 3 aromatic carbocycles. The van der Waals surface area contributed by atoms with Gasteiger partial charge in [-0.25, -0.2) is 14.1 Å². The maximum atomic E-state index is 14.0. The van der Waals surface area contributed by atoms with E-state index in [9.17, 15) is 18.8 Å². The number of amides is 4. The highest BCUT2D eigenvalue weighted by Crippen LogP contribution is 2.36. The van der Waals surface area contributed by atoms with Crippen molar-refractivity contribution in [3.8, 4) is 11.5 Å². The molecule has 4 rings (SSSR count). The molecule has 1 aliphatic rings. The highest BCUT2D eigenvalue weighted by atomic mass is 127. The van der Waals surface area contributed by atoms with Crippen LogP contribution in [0.4, 0.5) is 14.9 Å². The van der Waals surface area contributed by atoms with Gasteiger partial charge in [0, 0.05) is 5.56 Å². The topological polar surface area (TPSA) is 84.9 Å². The Bertz CT molecular complexity index is 1420. The fourth-order valence-corrected chi connectivity index (χ4v) is 4.61. The molecule has 4 amide bonds. The molecular formula is C27H22FIN2O5. The van der Waals surface area contributed by atoms with E-state index in [2.05, 4.69) is 5.32 Å². The van der Waals surface area contributed by atoms with Crippen LogP contribution in [-0.2, 0) is 16.2 Å². The zero-order chi connectivity index (χ0) is 26.0. The van der Waals surface area contributed by atoms with Crippen molar-refractivity contribution in [1.29, 1.82) is 0 Å². The van der Waals surface area contributed by atoms with Gasteiger partial charge in [-0.3, -0.25) is 14.9 Å². The summed E-state index contributed by atoms with van der Waals surface area (Å²) < 4.78 is 25.9. The first-order valence-electron chi connectivity index (χ1n) is 10.9. The zero-order valence-electron chi connectivity index (χ0n) is 19.7. The first kappa shape index (κ1) is 25.4. The number of halogens is 2. The summed E-state index contributed by atoms with van der Waals surface area (Å²) in [7, 11) is 1.46. The van der Waals surface area contributed by atoms with Crippen molar-refractivity contribution < 1.29 is 28.2 Å². The molecule has 1 heterocycles. The summed E-state index contributed by atoms with van der Waals surface area (Å²) in [5.74, 6) is -1.16. The summed E-state index contributed by atoms with van der Waals surface area (Å²) in [6.45, 7) is 3.69. The number of benzene rings is 3. The number of barbiturate groups is 1. The molecule has 184 valence electrons. The van der Waals surface area contributed by atoms with Crippen LogP contribution in [0.1, 0.15) is 22.3 Å². The standard InChI is InChI=1S/C27H22FIN2O5/c1-15-8-9-22(16(2)10-15)31-26(33)19(25(32)30-27(31)34)11-17-12-21(29)24(23(13-17)35-3)36-14-18-6-4-5-7-20(18)28/h4-13H,14H2,1-3H3,(H,30,32,34)/b19-11+. The third-order valence-corrected chi connectivity index (χ3v) is 6.39. The molecule has 1 saturated heterocycles. The Morgan fingerprint density at radius 2 is 1.81 bits per heavy atom. The summed E-state index contributed by atoms with van der Waals surface area (Å²) in [4.78, 5) is 39.4. The molecule has 1 N–H and O–H groups in total. The third kappa shape index (κ3) is 5.11. The quantitative estimate of drug-likeness (QED) is 0.236. The van der Waals surface area contributed by atoms with Crippen molar-refractivity contribution in [2.24, 2.45) is 0 Å². The Labute approximate surface area is 221 Å². The number of hydrogen-bond donors (Lipinski definition) is 1. The van der Waals surface area contributed by atoms with Crippen LogP contribution in [0.3, 0.4) is 0 Å². The molecule has 3 aromatic rings. The summed E-state index contributed by atoms with van der Waals surface area (Å²) in [6, 6.07) is 14.1. The Morgan fingerprint density at radius 1 is 1.06 bits per heavy atom. The summed E-state index contributed by atoms with van der Waals surface area (Å²) in [6.07, 6.45) is 1.39. The molecule has 36 heavy (non-hydrogen) atoms. The lowest BCUT2D eigenvalue weighted by molar-refractivity contribution is -0.122. The lowest BCUT2D eigenvalue weighted by atomic mass is 10.0. The largest absolute Gasteiger partial charge is 0.493 e. The fraction of sp³-hybridized carbons (Fsp3) is 0.148. The fourth-order valence-electron chi connectivity index (χ4n) is 3.83. The van der Waals surface area contributed by atoms with E-state index in [1.165, 1.54) is 19.3 Å². The molecule has 9 heteroatoms. The van der Waals surface area contributed by atoms with Gasteiger partial charge in [0.1, 0.15) is 18.0 Å². The average Bonchev–Trinajstić information content (AvgIpc) is 2.83.